The number of hydrogen-bond acceptors (Lipinski definition) is 9. The molecule has 1 fully saturated rings. The van der Waals surface area contributed by atoms with Crippen LogP contribution < -0.4 is 26.1 Å². The van der Waals surface area contributed by atoms with Crippen LogP contribution in [0.25, 0.3) is 10.9 Å². The van der Waals surface area contributed by atoms with Gasteiger partial charge < -0.3 is 35.4 Å². The fraction of sp³-hybridized carbons (Fsp3) is 0.444. The van der Waals surface area contributed by atoms with E-state index in [9.17, 15) is 24.3 Å². The number of aliphatic hydroxyl groups excluding tert-OH is 1. The Morgan fingerprint density at radius 1 is 0.983 bits per heavy atom. The minimum Gasteiger partial charge on any atom is -0.497 e. The Morgan fingerprint density at radius 2 is 1.69 bits per heavy atom. The van der Waals surface area contributed by atoms with E-state index in [4.69, 9.17) is 14.5 Å². The number of hydrazine groups is 1. The number of carbonyl (C=O) groups is 4. The number of ether oxygens (including phenoxy) is 2. The third-order valence-corrected chi connectivity index (χ3v) is 10.9. The molecule has 5 unspecified atom stereocenters. The molecular weight excluding hydrogens is 751 g/mol. The molecule has 59 heavy (non-hydrogen) atoms. The fourth-order valence-corrected chi connectivity index (χ4v) is 7.48. The second kappa shape index (κ2) is 20.8. The third-order valence-electron chi connectivity index (χ3n) is 10.9. The van der Waals surface area contributed by atoms with Gasteiger partial charge in [-0.1, -0.05) is 101 Å². The molecule has 14 heteroatoms. The summed E-state index contributed by atoms with van der Waals surface area (Å²) in [5, 5.41) is 23.6. The lowest BCUT2D eigenvalue weighted by Crippen LogP contribution is -2.56. The van der Waals surface area contributed by atoms with Gasteiger partial charge >= 0.3 is 12.1 Å². The number of alkyl carbamates (subject to hydrolysis) is 1. The number of aliphatic hydroxyl groups is 1. The number of aromatic nitrogens is 1. The minimum absolute atomic E-state index is 0.0341. The van der Waals surface area contributed by atoms with E-state index in [0.717, 1.165) is 22.0 Å². The molecule has 0 saturated carbocycles. The summed E-state index contributed by atoms with van der Waals surface area (Å²) in [6.07, 6.45) is -0.679. The van der Waals surface area contributed by atoms with Crippen molar-refractivity contribution in [3.8, 4) is 5.75 Å². The van der Waals surface area contributed by atoms with Crippen molar-refractivity contribution in [1.29, 1.82) is 0 Å². The molecule has 4 aromatic rings. The first-order chi connectivity index (χ1) is 28.3. The second-order valence-corrected chi connectivity index (χ2v) is 16.1. The van der Waals surface area contributed by atoms with Crippen molar-refractivity contribution < 1.29 is 33.8 Å². The normalized spacial score (nSPS) is 16.2. The molecule has 0 bridgehead atoms. The van der Waals surface area contributed by atoms with Crippen molar-refractivity contribution in [2.45, 2.75) is 78.2 Å². The summed E-state index contributed by atoms with van der Waals surface area (Å²) in [4.78, 5) is 59.9. The standard InChI is InChI=1S/C45H59N7O7/c1-7-30(2)41(38-25-46-43(56)52(38)27-34-20-19-33-15-11-12-16-36(33)48-34)42(55)49-37(23-31-13-9-8-10-14-31)39(53)28-51(26-32-17-21-35(58-5)22-18-32)50-40(54)24-45(3,4)29-47-44(57)59-6/h8-22,30,37-39,41,53H,7,23-29H2,1-6H3,(H,46,56)(H,47,57)(H,49,55)(H,50,54). The van der Waals surface area contributed by atoms with E-state index in [0.29, 0.717) is 24.3 Å². The lowest BCUT2D eigenvalue weighted by molar-refractivity contribution is -0.132. The molecule has 1 aromatic heterocycles. The summed E-state index contributed by atoms with van der Waals surface area (Å²) in [7, 11) is 2.87. The Labute approximate surface area is 347 Å². The number of hydrogen-bond donors (Lipinski definition) is 5. The zero-order valence-corrected chi connectivity index (χ0v) is 34.9. The van der Waals surface area contributed by atoms with E-state index < -0.39 is 35.6 Å². The van der Waals surface area contributed by atoms with Gasteiger partial charge in [0.15, 0.2) is 0 Å². The van der Waals surface area contributed by atoms with Crippen molar-refractivity contribution in [2.24, 2.45) is 17.3 Å². The summed E-state index contributed by atoms with van der Waals surface area (Å²) < 4.78 is 10.0. The molecule has 1 saturated heterocycles. The molecule has 316 valence electrons. The van der Waals surface area contributed by atoms with E-state index in [-0.39, 0.29) is 62.9 Å². The van der Waals surface area contributed by atoms with Crippen molar-refractivity contribution in [3.63, 3.8) is 0 Å². The second-order valence-electron chi connectivity index (χ2n) is 16.1. The summed E-state index contributed by atoms with van der Waals surface area (Å²) >= 11 is 0. The van der Waals surface area contributed by atoms with Crippen LogP contribution >= 0.6 is 0 Å². The van der Waals surface area contributed by atoms with Crippen LogP contribution in [0.1, 0.15) is 57.4 Å². The molecule has 5 amide bonds. The smallest absolute Gasteiger partial charge is 0.406 e. The molecule has 0 radical (unpaired) electrons. The van der Waals surface area contributed by atoms with Crippen LogP contribution in [0.5, 0.6) is 5.75 Å². The van der Waals surface area contributed by atoms with Gasteiger partial charge in [0.05, 0.1) is 56.1 Å². The molecule has 5 atom stereocenters. The van der Waals surface area contributed by atoms with Gasteiger partial charge in [-0.2, -0.15) is 0 Å². The summed E-state index contributed by atoms with van der Waals surface area (Å²) in [6.45, 7) is 8.67. The predicted molar refractivity (Wildman–Crippen MR) is 226 cm³/mol. The molecule has 5 N–H and O–H groups in total. The highest BCUT2D eigenvalue weighted by Crippen LogP contribution is 2.28. The number of pyridine rings is 1. The first-order valence-electron chi connectivity index (χ1n) is 20.2. The zero-order chi connectivity index (χ0) is 42.5. The highest BCUT2D eigenvalue weighted by atomic mass is 16.5. The number of carbonyl (C=O) groups excluding carboxylic acids is 4. The number of fused-ring (bicyclic) bond motifs is 1. The summed E-state index contributed by atoms with van der Waals surface area (Å²) in [6, 6.07) is 27.2. The Balaban J connectivity index is 1.38. The molecule has 14 nitrogen and oxygen atoms in total. The van der Waals surface area contributed by atoms with Crippen LogP contribution in [0.4, 0.5) is 9.59 Å². The van der Waals surface area contributed by atoms with Gasteiger partial charge in [0.1, 0.15) is 5.75 Å². The number of urea groups is 1. The average Bonchev–Trinajstić information content (AvgIpc) is 3.57. The van der Waals surface area contributed by atoms with E-state index in [1.807, 2.05) is 119 Å². The molecule has 1 aliphatic rings. The van der Waals surface area contributed by atoms with Crippen LogP contribution in [0.15, 0.2) is 91.0 Å². The fourth-order valence-electron chi connectivity index (χ4n) is 7.48. The maximum Gasteiger partial charge on any atom is 0.406 e. The molecule has 1 aliphatic heterocycles. The topological polar surface area (TPSA) is 174 Å². The van der Waals surface area contributed by atoms with Gasteiger partial charge in [0, 0.05) is 38.0 Å². The molecule has 2 heterocycles. The van der Waals surface area contributed by atoms with Crippen molar-refractivity contribution in [1.82, 2.24) is 36.3 Å². The molecule has 0 spiro atoms. The predicted octanol–water partition coefficient (Wildman–Crippen LogP) is 5.19. The molecule has 3 aromatic carbocycles. The van der Waals surface area contributed by atoms with Crippen LogP contribution in [0.2, 0.25) is 0 Å². The first-order valence-corrected chi connectivity index (χ1v) is 20.2. The number of rotatable bonds is 20. The van der Waals surface area contributed by atoms with Gasteiger partial charge in [0.2, 0.25) is 11.8 Å². The number of methoxy groups -OCH3 is 2. The van der Waals surface area contributed by atoms with Crippen LogP contribution in [-0.4, -0.2) is 96.0 Å². The lowest BCUT2D eigenvalue weighted by atomic mass is 9.83. The molecule has 0 aliphatic carbocycles. The minimum atomic E-state index is -1.15. The van der Waals surface area contributed by atoms with E-state index >= 15 is 0 Å². The van der Waals surface area contributed by atoms with Gasteiger partial charge in [0.25, 0.3) is 0 Å². The van der Waals surface area contributed by atoms with Crippen LogP contribution in [0.3, 0.4) is 0 Å². The van der Waals surface area contributed by atoms with Gasteiger partial charge in [-0.25, -0.2) is 14.6 Å². The quantitative estimate of drug-likeness (QED) is 0.0753. The lowest BCUT2D eigenvalue weighted by Gasteiger charge is -2.36. The Morgan fingerprint density at radius 3 is 2.39 bits per heavy atom. The Bertz CT molecular complexity index is 2010. The largest absolute Gasteiger partial charge is 0.497 e. The van der Waals surface area contributed by atoms with Gasteiger partial charge in [-0.05, 0) is 53.1 Å². The van der Waals surface area contributed by atoms with E-state index in [1.165, 1.54) is 7.11 Å². The van der Waals surface area contributed by atoms with Crippen molar-refractivity contribution in [3.05, 3.63) is 108 Å². The average molecular weight is 810 g/mol. The Hall–Kier alpha value is -5.73. The molecular formula is C45H59N7O7. The van der Waals surface area contributed by atoms with E-state index in [2.05, 4.69) is 21.4 Å². The maximum absolute atomic E-state index is 14.7. The number of amides is 5. The number of benzene rings is 3. The monoisotopic (exact) mass is 809 g/mol. The number of para-hydroxylation sites is 1. The van der Waals surface area contributed by atoms with Crippen LogP contribution in [0, 0.1) is 17.3 Å². The Kier molecular flexibility index (Phi) is 15.6. The summed E-state index contributed by atoms with van der Waals surface area (Å²) in [5.41, 5.74) is 5.66. The van der Waals surface area contributed by atoms with Gasteiger partial charge in [-0.15, -0.1) is 0 Å². The van der Waals surface area contributed by atoms with Crippen molar-refractivity contribution in [2.75, 3.05) is 33.9 Å². The number of nitrogens with zero attached hydrogens (tertiary/aromatic N) is 3. The van der Waals surface area contributed by atoms with E-state index in [1.54, 1.807) is 17.0 Å². The highest BCUT2D eigenvalue weighted by molar-refractivity contribution is 5.84. The zero-order valence-electron chi connectivity index (χ0n) is 34.9. The van der Waals surface area contributed by atoms with Gasteiger partial charge in [-0.3, -0.25) is 20.0 Å². The highest BCUT2D eigenvalue weighted by Gasteiger charge is 2.43. The maximum atomic E-state index is 14.7. The van der Waals surface area contributed by atoms with Crippen LogP contribution in [-0.2, 0) is 33.8 Å². The van der Waals surface area contributed by atoms with Crippen molar-refractivity contribution >= 4 is 34.8 Å². The summed E-state index contributed by atoms with van der Waals surface area (Å²) in [5.74, 6) is -0.639. The third kappa shape index (κ3) is 12.6. The first kappa shape index (κ1) is 44.4. The molecule has 5 rings (SSSR count). The number of nitrogens with one attached hydrogen (secondary N) is 4. The SMILES string of the molecule is CCC(C)C(C(=O)NC(Cc1ccccc1)C(O)CN(Cc1ccc(OC)cc1)NC(=O)CC(C)(C)CNC(=O)OC)C1CNC(=O)N1Cc1ccc2ccccc2n1.